The van der Waals surface area contributed by atoms with Crippen LogP contribution < -0.4 is 0 Å². The molecular weight excluding hydrogens is 172 g/mol. The molecule has 14 heavy (non-hydrogen) atoms. The van der Waals surface area contributed by atoms with Gasteiger partial charge in [-0.15, -0.1) is 0 Å². The highest BCUT2D eigenvalue weighted by molar-refractivity contribution is 5.05. The molecule has 1 N–H and O–H groups in total. The molecule has 0 aromatic carbocycles. The summed E-state index contributed by atoms with van der Waals surface area (Å²) >= 11 is 0. The van der Waals surface area contributed by atoms with Crippen LogP contribution >= 0.6 is 0 Å². The third-order valence-corrected chi connectivity index (χ3v) is 2.64. The molecule has 0 aliphatic carbocycles. The Bertz CT molecular complexity index is 193. The van der Waals surface area contributed by atoms with Crippen molar-refractivity contribution in [1.29, 1.82) is 0 Å². The molecule has 0 rings (SSSR count). The molecule has 82 valence electrons. The Morgan fingerprint density at radius 3 is 2.29 bits per heavy atom. The van der Waals surface area contributed by atoms with E-state index in [0.717, 1.165) is 19.3 Å². The summed E-state index contributed by atoms with van der Waals surface area (Å²) in [7, 11) is 0. The minimum atomic E-state index is -0.0344. The number of aliphatic hydroxyl groups is 1. The van der Waals surface area contributed by atoms with E-state index in [2.05, 4.69) is 45.9 Å². The minimum Gasteiger partial charge on any atom is -0.395 e. The highest BCUT2D eigenvalue weighted by Gasteiger charge is 2.22. The molecule has 1 atom stereocenters. The molecule has 1 heteroatoms. The van der Waals surface area contributed by atoms with Crippen molar-refractivity contribution in [3.63, 3.8) is 0 Å². The van der Waals surface area contributed by atoms with Gasteiger partial charge in [-0.25, -0.2) is 0 Å². The van der Waals surface area contributed by atoms with Gasteiger partial charge in [-0.05, 0) is 33.1 Å². The standard InChI is InChI=1S/C13H24O/c1-5-7-9-13(6-2,11-14)10-8-12(3)4/h7-9,14H,5-6,10-11H2,1-4H3/b9-7+. The molecule has 0 aliphatic rings. The summed E-state index contributed by atoms with van der Waals surface area (Å²) in [4.78, 5) is 0. The van der Waals surface area contributed by atoms with E-state index >= 15 is 0 Å². The Balaban J connectivity index is 4.52. The van der Waals surface area contributed by atoms with Crippen molar-refractivity contribution >= 4 is 0 Å². The zero-order valence-electron chi connectivity index (χ0n) is 10.0. The van der Waals surface area contributed by atoms with Gasteiger partial charge in [0, 0.05) is 5.41 Å². The third-order valence-electron chi connectivity index (χ3n) is 2.64. The van der Waals surface area contributed by atoms with E-state index in [1.54, 1.807) is 0 Å². The summed E-state index contributed by atoms with van der Waals surface area (Å²) in [5, 5.41) is 9.44. The van der Waals surface area contributed by atoms with Gasteiger partial charge in [0.25, 0.3) is 0 Å². The Kier molecular flexibility index (Phi) is 6.56. The van der Waals surface area contributed by atoms with Crippen LogP contribution in [0.1, 0.15) is 47.0 Å². The van der Waals surface area contributed by atoms with E-state index in [-0.39, 0.29) is 12.0 Å². The van der Waals surface area contributed by atoms with Gasteiger partial charge in [0.2, 0.25) is 0 Å². The number of hydrogen-bond acceptors (Lipinski definition) is 1. The molecule has 0 saturated carbocycles. The molecule has 0 bridgehead atoms. The van der Waals surface area contributed by atoms with Crippen molar-refractivity contribution < 1.29 is 5.11 Å². The maximum absolute atomic E-state index is 9.44. The maximum Gasteiger partial charge on any atom is 0.0524 e. The van der Waals surface area contributed by atoms with Gasteiger partial charge in [-0.3, -0.25) is 0 Å². The SMILES string of the molecule is CC/C=C/C(CC)(CO)CC=C(C)C. The summed E-state index contributed by atoms with van der Waals surface area (Å²) in [6.45, 7) is 8.69. The molecule has 0 aromatic heterocycles. The normalized spacial score (nSPS) is 15.5. The molecule has 0 heterocycles. The van der Waals surface area contributed by atoms with Gasteiger partial charge in [0.1, 0.15) is 0 Å². The van der Waals surface area contributed by atoms with Crippen LogP contribution in [0.5, 0.6) is 0 Å². The van der Waals surface area contributed by atoms with Crippen LogP contribution in [0, 0.1) is 5.41 Å². The molecule has 1 nitrogen and oxygen atoms in total. The van der Waals surface area contributed by atoms with Crippen molar-refractivity contribution in [3.8, 4) is 0 Å². The Hall–Kier alpha value is -0.560. The fourth-order valence-corrected chi connectivity index (χ4v) is 1.33. The largest absolute Gasteiger partial charge is 0.395 e. The molecule has 1 unspecified atom stereocenters. The predicted molar refractivity (Wildman–Crippen MR) is 63.3 cm³/mol. The average Bonchev–Trinajstić information content (AvgIpc) is 2.19. The van der Waals surface area contributed by atoms with Crippen LogP contribution in [-0.2, 0) is 0 Å². The topological polar surface area (TPSA) is 20.2 Å². The zero-order chi connectivity index (χ0) is 11.0. The number of hydrogen-bond donors (Lipinski definition) is 1. The van der Waals surface area contributed by atoms with E-state index in [1.807, 2.05) is 0 Å². The van der Waals surface area contributed by atoms with E-state index in [1.165, 1.54) is 5.57 Å². The first-order valence-electron chi connectivity index (χ1n) is 5.52. The first-order chi connectivity index (χ1) is 6.60. The lowest BCUT2D eigenvalue weighted by Crippen LogP contribution is -2.21. The summed E-state index contributed by atoms with van der Waals surface area (Å²) in [5.41, 5.74) is 1.29. The van der Waals surface area contributed by atoms with Crippen LogP contribution in [-0.4, -0.2) is 11.7 Å². The van der Waals surface area contributed by atoms with Crippen LogP contribution in [0.25, 0.3) is 0 Å². The first kappa shape index (κ1) is 13.4. The van der Waals surface area contributed by atoms with Gasteiger partial charge >= 0.3 is 0 Å². The monoisotopic (exact) mass is 196 g/mol. The predicted octanol–water partition coefficient (Wildman–Crippen LogP) is 3.70. The molecular formula is C13H24O. The van der Waals surface area contributed by atoms with Crippen LogP contribution in [0.2, 0.25) is 0 Å². The second kappa shape index (κ2) is 6.83. The molecule has 0 radical (unpaired) electrons. The van der Waals surface area contributed by atoms with E-state index < -0.39 is 0 Å². The van der Waals surface area contributed by atoms with Crippen molar-refractivity contribution in [1.82, 2.24) is 0 Å². The van der Waals surface area contributed by atoms with Crippen LogP contribution in [0.15, 0.2) is 23.8 Å². The quantitative estimate of drug-likeness (QED) is 0.642. The molecule has 0 saturated heterocycles. The summed E-state index contributed by atoms with van der Waals surface area (Å²) in [5.74, 6) is 0. The Labute approximate surface area is 88.5 Å². The lowest BCUT2D eigenvalue weighted by molar-refractivity contribution is 0.166. The van der Waals surface area contributed by atoms with Gasteiger partial charge in [-0.2, -0.15) is 0 Å². The first-order valence-corrected chi connectivity index (χ1v) is 5.52. The average molecular weight is 196 g/mol. The molecule has 0 fully saturated rings. The second-order valence-electron chi connectivity index (χ2n) is 4.17. The van der Waals surface area contributed by atoms with Gasteiger partial charge in [0.05, 0.1) is 6.61 Å². The number of aliphatic hydroxyl groups excluding tert-OH is 1. The third kappa shape index (κ3) is 4.61. The van der Waals surface area contributed by atoms with Crippen molar-refractivity contribution in [2.45, 2.75) is 47.0 Å². The molecule has 0 aromatic rings. The fourth-order valence-electron chi connectivity index (χ4n) is 1.33. The van der Waals surface area contributed by atoms with Crippen LogP contribution in [0.3, 0.4) is 0 Å². The lowest BCUT2D eigenvalue weighted by atomic mass is 9.81. The lowest BCUT2D eigenvalue weighted by Gasteiger charge is -2.25. The van der Waals surface area contributed by atoms with E-state index in [9.17, 15) is 5.11 Å². The molecule has 0 amide bonds. The fraction of sp³-hybridized carbons (Fsp3) is 0.692. The summed E-state index contributed by atoms with van der Waals surface area (Å²) in [6, 6.07) is 0. The minimum absolute atomic E-state index is 0.0344. The maximum atomic E-state index is 9.44. The zero-order valence-corrected chi connectivity index (χ0v) is 10.0. The van der Waals surface area contributed by atoms with Gasteiger partial charge in [0.15, 0.2) is 0 Å². The van der Waals surface area contributed by atoms with Crippen molar-refractivity contribution in [3.05, 3.63) is 23.8 Å². The number of allylic oxidation sites excluding steroid dienone is 3. The Morgan fingerprint density at radius 2 is 1.93 bits per heavy atom. The van der Waals surface area contributed by atoms with Gasteiger partial charge < -0.3 is 5.11 Å². The van der Waals surface area contributed by atoms with E-state index in [0.29, 0.717) is 0 Å². The smallest absolute Gasteiger partial charge is 0.0524 e. The highest BCUT2D eigenvalue weighted by Crippen LogP contribution is 2.29. The molecule has 0 spiro atoms. The van der Waals surface area contributed by atoms with Crippen LogP contribution in [0.4, 0.5) is 0 Å². The van der Waals surface area contributed by atoms with E-state index in [4.69, 9.17) is 0 Å². The van der Waals surface area contributed by atoms with Gasteiger partial charge in [-0.1, -0.05) is 37.6 Å². The summed E-state index contributed by atoms with van der Waals surface area (Å²) in [6.07, 6.45) is 9.50. The molecule has 0 aliphatic heterocycles. The second-order valence-corrected chi connectivity index (χ2v) is 4.17. The van der Waals surface area contributed by atoms with Crippen molar-refractivity contribution in [2.24, 2.45) is 5.41 Å². The highest BCUT2D eigenvalue weighted by atomic mass is 16.3. The van der Waals surface area contributed by atoms with Crippen molar-refractivity contribution in [2.75, 3.05) is 6.61 Å². The summed E-state index contributed by atoms with van der Waals surface area (Å²) < 4.78 is 0. The number of rotatable bonds is 6. The Morgan fingerprint density at radius 1 is 1.29 bits per heavy atom.